The molecule has 1 aliphatic rings. The van der Waals surface area contributed by atoms with Crippen molar-refractivity contribution in [2.24, 2.45) is 10.9 Å². The van der Waals surface area contributed by atoms with E-state index in [0.717, 1.165) is 57.0 Å². The number of piperidine rings is 1. The van der Waals surface area contributed by atoms with Crippen LogP contribution in [0.3, 0.4) is 0 Å². The summed E-state index contributed by atoms with van der Waals surface area (Å²) in [5.41, 5.74) is 3.50. The van der Waals surface area contributed by atoms with Crippen LogP contribution in [0.2, 0.25) is 0 Å². The first-order valence-corrected chi connectivity index (χ1v) is 10.9. The van der Waals surface area contributed by atoms with Gasteiger partial charge < -0.3 is 20.6 Å². The maximum absolute atomic E-state index is 13.0. The summed E-state index contributed by atoms with van der Waals surface area (Å²) in [5.74, 6) is 1.03. The molecule has 1 aliphatic heterocycles. The van der Waals surface area contributed by atoms with Gasteiger partial charge in [-0.25, -0.2) is 9.38 Å². The highest BCUT2D eigenvalue weighted by Crippen LogP contribution is 2.23. The highest BCUT2D eigenvalue weighted by atomic mass is 127. The first-order chi connectivity index (χ1) is 14.7. The van der Waals surface area contributed by atoms with Gasteiger partial charge in [0.2, 0.25) is 0 Å². The van der Waals surface area contributed by atoms with E-state index in [1.165, 1.54) is 23.4 Å². The molecule has 0 amide bonds. The summed E-state index contributed by atoms with van der Waals surface area (Å²) in [6.45, 7) is 6.50. The second-order valence-corrected chi connectivity index (χ2v) is 7.78. The third-order valence-corrected chi connectivity index (χ3v) is 5.56. The average Bonchev–Trinajstić information content (AvgIpc) is 2.79. The number of nitrogens with zero attached hydrogens (tertiary/aromatic N) is 2. The fraction of sp³-hybridized carbons (Fsp3) is 0.458. The Hall–Kier alpha value is -1.87. The molecule has 0 unspecified atom stereocenters. The fourth-order valence-corrected chi connectivity index (χ4v) is 3.67. The van der Waals surface area contributed by atoms with E-state index in [4.69, 9.17) is 0 Å². The molecule has 1 saturated heterocycles. The SMILES string of the molecule is CCNC(=NCc1ccc(N2CCC(CO)CC2)cc1)NCCc1ccc(F)cc1.I. The van der Waals surface area contributed by atoms with Crippen molar-refractivity contribution in [1.29, 1.82) is 0 Å². The lowest BCUT2D eigenvalue weighted by molar-refractivity contribution is 0.203. The van der Waals surface area contributed by atoms with E-state index >= 15 is 0 Å². The van der Waals surface area contributed by atoms with Gasteiger partial charge in [-0.05, 0) is 67.5 Å². The Balaban J connectivity index is 0.00000341. The lowest BCUT2D eigenvalue weighted by atomic mass is 9.97. The van der Waals surface area contributed by atoms with Crippen LogP contribution in [0, 0.1) is 11.7 Å². The number of benzene rings is 2. The summed E-state index contributed by atoms with van der Waals surface area (Å²) in [6.07, 6.45) is 2.92. The molecule has 2 aromatic rings. The molecule has 3 N–H and O–H groups in total. The molecule has 0 radical (unpaired) electrons. The molecule has 1 fully saturated rings. The van der Waals surface area contributed by atoms with Crippen molar-refractivity contribution >= 4 is 35.6 Å². The van der Waals surface area contributed by atoms with Crippen LogP contribution in [0.5, 0.6) is 0 Å². The second kappa shape index (κ2) is 13.5. The van der Waals surface area contributed by atoms with Crippen molar-refractivity contribution in [3.63, 3.8) is 0 Å². The van der Waals surface area contributed by atoms with Crippen LogP contribution in [0.4, 0.5) is 10.1 Å². The van der Waals surface area contributed by atoms with Gasteiger partial charge in [0.15, 0.2) is 5.96 Å². The van der Waals surface area contributed by atoms with Gasteiger partial charge in [0, 0.05) is 38.5 Å². The molecule has 2 aromatic carbocycles. The number of guanidine groups is 1. The van der Waals surface area contributed by atoms with Crippen LogP contribution >= 0.6 is 24.0 Å². The Morgan fingerprint density at radius 2 is 1.68 bits per heavy atom. The summed E-state index contributed by atoms with van der Waals surface area (Å²) in [5, 5.41) is 15.9. The third kappa shape index (κ3) is 8.29. The summed E-state index contributed by atoms with van der Waals surface area (Å²) >= 11 is 0. The molecule has 0 atom stereocenters. The first-order valence-electron chi connectivity index (χ1n) is 10.9. The zero-order valence-electron chi connectivity index (χ0n) is 18.2. The van der Waals surface area contributed by atoms with Crippen LogP contribution in [-0.2, 0) is 13.0 Å². The Kier molecular flexibility index (Phi) is 11.1. The molecular weight excluding hydrogens is 506 g/mol. The maximum atomic E-state index is 13.0. The van der Waals surface area contributed by atoms with E-state index < -0.39 is 0 Å². The lowest BCUT2D eigenvalue weighted by Gasteiger charge is -2.32. The summed E-state index contributed by atoms with van der Waals surface area (Å²) < 4.78 is 13.0. The summed E-state index contributed by atoms with van der Waals surface area (Å²) in [4.78, 5) is 7.07. The number of hydrogen-bond acceptors (Lipinski definition) is 3. The number of nitrogens with one attached hydrogen (secondary N) is 2. The summed E-state index contributed by atoms with van der Waals surface area (Å²) in [7, 11) is 0. The van der Waals surface area contributed by atoms with Gasteiger partial charge in [-0.3, -0.25) is 0 Å². The van der Waals surface area contributed by atoms with Crippen molar-refractivity contribution in [3.8, 4) is 0 Å². The van der Waals surface area contributed by atoms with Crippen molar-refractivity contribution in [3.05, 3.63) is 65.5 Å². The minimum absolute atomic E-state index is 0. The molecule has 1 heterocycles. The third-order valence-electron chi connectivity index (χ3n) is 5.56. The Bertz CT molecular complexity index is 790. The zero-order valence-corrected chi connectivity index (χ0v) is 20.5. The van der Waals surface area contributed by atoms with Crippen molar-refractivity contribution in [2.75, 3.05) is 37.7 Å². The number of rotatable bonds is 8. The van der Waals surface area contributed by atoms with Gasteiger partial charge in [0.25, 0.3) is 0 Å². The van der Waals surface area contributed by atoms with Crippen molar-refractivity contribution in [1.82, 2.24) is 10.6 Å². The van der Waals surface area contributed by atoms with Crippen molar-refractivity contribution < 1.29 is 9.50 Å². The van der Waals surface area contributed by atoms with E-state index in [1.54, 1.807) is 0 Å². The minimum Gasteiger partial charge on any atom is -0.396 e. The quantitative estimate of drug-likeness (QED) is 0.270. The van der Waals surface area contributed by atoms with Crippen LogP contribution < -0.4 is 15.5 Å². The molecule has 0 bridgehead atoms. The average molecular weight is 540 g/mol. The van der Waals surface area contributed by atoms with Crippen LogP contribution in [0.25, 0.3) is 0 Å². The lowest BCUT2D eigenvalue weighted by Crippen LogP contribution is -2.38. The van der Waals surface area contributed by atoms with Gasteiger partial charge in [-0.1, -0.05) is 24.3 Å². The number of anilines is 1. The molecule has 7 heteroatoms. The van der Waals surface area contributed by atoms with Crippen molar-refractivity contribution in [2.45, 2.75) is 32.7 Å². The van der Waals surface area contributed by atoms with E-state index in [1.807, 2.05) is 19.1 Å². The normalized spacial score (nSPS) is 14.8. The van der Waals surface area contributed by atoms with E-state index in [9.17, 15) is 9.50 Å². The molecular formula is C24H34FIN4O. The van der Waals surface area contributed by atoms with Gasteiger partial charge >= 0.3 is 0 Å². The highest BCUT2D eigenvalue weighted by Gasteiger charge is 2.18. The fourth-order valence-electron chi connectivity index (χ4n) is 3.67. The van der Waals surface area contributed by atoms with Gasteiger partial charge in [0.05, 0.1) is 6.54 Å². The highest BCUT2D eigenvalue weighted by molar-refractivity contribution is 14.0. The molecule has 0 aliphatic carbocycles. The number of aliphatic hydroxyl groups excluding tert-OH is 1. The largest absolute Gasteiger partial charge is 0.396 e. The Morgan fingerprint density at radius 1 is 1.03 bits per heavy atom. The molecule has 5 nitrogen and oxygen atoms in total. The van der Waals surface area contributed by atoms with E-state index in [-0.39, 0.29) is 29.8 Å². The maximum Gasteiger partial charge on any atom is 0.191 e. The second-order valence-electron chi connectivity index (χ2n) is 7.78. The molecule has 3 rings (SSSR count). The van der Waals surface area contributed by atoms with Gasteiger partial charge in [-0.2, -0.15) is 0 Å². The molecule has 0 saturated carbocycles. The van der Waals surface area contributed by atoms with E-state index in [0.29, 0.717) is 19.1 Å². The number of hydrogen-bond donors (Lipinski definition) is 3. The minimum atomic E-state index is -0.206. The zero-order chi connectivity index (χ0) is 21.2. The summed E-state index contributed by atoms with van der Waals surface area (Å²) in [6, 6.07) is 15.2. The molecule has 0 spiro atoms. The van der Waals surface area contributed by atoms with E-state index in [2.05, 4.69) is 44.8 Å². The Labute approximate surface area is 202 Å². The standard InChI is InChI=1S/C24H33FN4O.HI/c1-2-26-24(27-14-11-19-3-7-22(25)8-4-19)28-17-20-5-9-23(10-6-20)29-15-12-21(18-30)13-16-29;/h3-10,21,30H,2,11-18H2,1H3,(H2,26,27,28);1H. The van der Waals surface area contributed by atoms with Gasteiger partial charge in [-0.15, -0.1) is 24.0 Å². The van der Waals surface area contributed by atoms with Gasteiger partial charge in [0.1, 0.15) is 5.82 Å². The van der Waals surface area contributed by atoms with Crippen LogP contribution in [-0.4, -0.2) is 43.9 Å². The smallest absolute Gasteiger partial charge is 0.191 e. The van der Waals surface area contributed by atoms with Crippen LogP contribution in [0.1, 0.15) is 30.9 Å². The first kappa shape index (κ1) is 25.4. The molecule has 0 aromatic heterocycles. The number of aliphatic hydroxyl groups is 1. The topological polar surface area (TPSA) is 59.9 Å². The predicted molar refractivity (Wildman–Crippen MR) is 137 cm³/mol. The monoisotopic (exact) mass is 540 g/mol. The predicted octanol–water partition coefficient (Wildman–Crippen LogP) is 3.95. The van der Waals surface area contributed by atoms with Crippen LogP contribution in [0.15, 0.2) is 53.5 Å². The molecule has 31 heavy (non-hydrogen) atoms. The number of halogens is 2. The molecule has 170 valence electrons. The number of aliphatic imine (C=N–C) groups is 1. The Morgan fingerprint density at radius 3 is 2.29 bits per heavy atom.